The van der Waals surface area contributed by atoms with Crippen molar-refractivity contribution in [1.29, 1.82) is 0 Å². The van der Waals surface area contributed by atoms with Gasteiger partial charge >= 0.3 is 6.09 Å². The lowest BCUT2D eigenvalue weighted by Gasteiger charge is -2.28. The van der Waals surface area contributed by atoms with Crippen molar-refractivity contribution in [3.8, 4) is 11.5 Å². The molecular weight excluding hydrogens is 591 g/mol. The molecule has 3 aromatic carbocycles. The largest absolute Gasteiger partial charge is 0.508 e. The summed E-state index contributed by atoms with van der Waals surface area (Å²) in [6, 6.07) is 21.9. The fourth-order valence-corrected chi connectivity index (χ4v) is 3.94. The molecular formula is C27H25IN2O7. The van der Waals surface area contributed by atoms with Crippen LogP contribution in [-0.2, 0) is 9.53 Å². The normalized spacial score (nSPS) is 12.4. The zero-order valence-corrected chi connectivity index (χ0v) is 21.7. The summed E-state index contributed by atoms with van der Waals surface area (Å²) in [5.74, 6) is -0.967. The van der Waals surface area contributed by atoms with Gasteiger partial charge in [-0.1, -0.05) is 42.5 Å². The Balaban J connectivity index is 1.90. The van der Waals surface area contributed by atoms with Crippen molar-refractivity contribution >= 4 is 40.5 Å². The summed E-state index contributed by atoms with van der Waals surface area (Å²) in [5.41, 5.74) is 2.07. The maximum Gasteiger partial charge on any atom is 0.414 e. The minimum absolute atomic E-state index is 0.121. The zero-order chi connectivity index (χ0) is 26.6. The van der Waals surface area contributed by atoms with Crippen molar-refractivity contribution in [2.45, 2.75) is 25.0 Å². The van der Waals surface area contributed by atoms with Crippen LogP contribution in [0.25, 0.3) is 0 Å². The van der Waals surface area contributed by atoms with Gasteiger partial charge in [0.2, 0.25) is 0 Å². The number of phenolic OH excluding ortho intramolecular Hbond substituents is 1. The van der Waals surface area contributed by atoms with Crippen molar-refractivity contribution in [3.05, 3.63) is 106 Å². The molecule has 10 heteroatoms. The number of allylic oxidation sites excluding steroid dienone is 1. The second-order valence-electron chi connectivity index (χ2n) is 7.77. The van der Waals surface area contributed by atoms with E-state index in [-0.39, 0.29) is 23.3 Å². The molecule has 0 aliphatic heterocycles. The summed E-state index contributed by atoms with van der Waals surface area (Å²) in [5, 5.41) is 21.5. The molecule has 0 aliphatic rings. The molecule has 0 bridgehead atoms. The quantitative estimate of drug-likeness (QED) is 0.110. The molecule has 192 valence electrons. The first kappa shape index (κ1) is 27.7. The van der Waals surface area contributed by atoms with Crippen LogP contribution in [0.1, 0.15) is 34.9 Å². The Hall–Kier alpha value is -3.90. The van der Waals surface area contributed by atoms with Crippen LogP contribution in [0.5, 0.6) is 11.5 Å². The van der Waals surface area contributed by atoms with Gasteiger partial charge in [0.15, 0.2) is 6.10 Å². The topological polar surface area (TPSA) is 134 Å². The Morgan fingerprint density at radius 1 is 0.973 bits per heavy atom. The van der Waals surface area contributed by atoms with Crippen molar-refractivity contribution in [3.63, 3.8) is 0 Å². The third-order valence-electron chi connectivity index (χ3n) is 5.15. The first-order valence-corrected chi connectivity index (χ1v) is 12.3. The first-order chi connectivity index (χ1) is 17.9. The lowest BCUT2D eigenvalue weighted by atomic mass is 9.99. The van der Waals surface area contributed by atoms with Crippen LogP contribution in [0.3, 0.4) is 0 Å². The lowest BCUT2D eigenvalue weighted by Crippen LogP contribution is -2.36. The van der Waals surface area contributed by atoms with Gasteiger partial charge in [0.1, 0.15) is 17.6 Å². The molecule has 37 heavy (non-hydrogen) atoms. The van der Waals surface area contributed by atoms with E-state index >= 15 is 0 Å². The highest BCUT2D eigenvalue weighted by Crippen LogP contribution is 2.34. The molecule has 2 atom stereocenters. The van der Waals surface area contributed by atoms with Crippen molar-refractivity contribution in [2.24, 2.45) is 0 Å². The average molecular weight is 616 g/mol. The van der Waals surface area contributed by atoms with Crippen molar-refractivity contribution in [2.75, 3.05) is 0 Å². The Morgan fingerprint density at radius 2 is 1.65 bits per heavy atom. The highest BCUT2D eigenvalue weighted by Gasteiger charge is 2.32. The van der Waals surface area contributed by atoms with Crippen LogP contribution < -0.4 is 15.5 Å². The molecule has 3 rings (SSSR count). The molecule has 0 heterocycles. The number of para-hydroxylation sites is 1. The van der Waals surface area contributed by atoms with E-state index < -0.39 is 30.1 Å². The van der Waals surface area contributed by atoms with E-state index in [9.17, 15) is 19.5 Å². The van der Waals surface area contributed by atoms with Crippen LogP contribution in [-0.4, -0.2) is 34.3 Å². The number of rotatable bonds is 10. The number of imide groups is 1. The number of phenols is 1. The molecule has 0 spiro atoms. The van der Waals surface area contributed by atoms with Gasteiger partial charge in [-0.05, 0) is 77.9 Å². The minimum Gasteiger partial charge on any atom is -0.508 e. The number of hydroxylamine groups is 1. The number of amides is 3. The third kappa shape index (κ3) is 8.62. The van der Waals surface area contributed by atoms with Crippen LogP contribution in [0.15, 0.2) is 91.0 Å². The number of nitrogens with one attached hydrogen (secondary N) is 2. The van der Waals surface area contributed by atoms with E-state index in [2.05, 4.69) is 27.9 Å². The highest BCUT2D eigenvalue weighted by molar-refractivity contribution is 14.1. The molecule has 0 fully saturated rings. The van der Waals surface area contributed by atoms with Gasteiger partial charge in [0.05, 0.1) is 0 Å². The SMILES string of the molecule is O=C(/C=C/CC[C@H](Oc1ccccc1)[C@@H](OC(=O)NC(=O)c1ccccc1)c1cc(I)ccc1O)NO. The Kier molecular flexibility index (Phi) is 10.5. The Labute approximate surface area is 227 Å². The smallest absolute Gasteiger partial charge is 0.414 e. The van der Waals surface area contributed by atoms with Gasteiger partial charge < -0.3 is 14.6 Å². The fourth-order valence-electron chi connectivity index (χ4n) is 3.43. The summed E-state index contributed by atoms with van der Waals surface area (Å²) in [4.78, 5) is 36.7. The number of hydrogen-bond donors (Lipinski definition) is 4. The van der Waals surface area contributed by atoms with E-state index in [0.29, 0.717) is 12.2 Å². The predicted octanol–water partition coefficient (Wildman–Crippen LogP) is 4.89. The van der Waals surface area contributed by atoms with E-state index in [1.54, 1.807) is 66.7 Å². The van der Waals surface area contributed by atoms with Crippen LogP contribution >= 0.6 is 22.6 Å². The van der Waals surface area contributed by atoms with E-state index in [0.717, 1.165) is 9.65 Å². The average Bonchev–Trinajstić information content (AvgIpc) is 2.91. The number of hydrogen-bond acceptors (Lipinski definition) is 7. The van der Waals surface area contributed by atoms with Crippen LogP contribution in [0.2, 0.25) is 0 Å². The number of benzene rings is 3. The monoisotopic (exact) mass is 616 g/mol. The molecule has 4 N–H and O–H groups in total. The van der Waals surface area contributed by atoms with Gasteiger partial charge in [0, 0.05) is 20.8 Å². The number of carbonyl (C=O) groups excluding carboxylic acids is 3. The molecule has 0 radical (unpaired) electrons. The minimum atomic E-state index is -1.13. The van der Waals surface area contributed by atoms with Crippen molar-refractivity contribution in [1.82, 2.24) is 10.8 Å². The maximum absolute atomic E-state index is 12.8. The summed E-state index contributed by atoms with van der Waals surface area (Å²) in [7, 11) is 0. The molecule has 0 saturated heterocycles. The van der Waals surface area contributed by atoms with Gasteiger partial charge in [-0.2, -0.15) is 0 Å². The van der Waals surface area contributed by atoms with E-state index in [1.165, 1.54) is 17.6 Å². The molecule has 0 unspecified atom stereocenters. The molecule has 3 amide bonds. The second-order valence-corrected chi connectivity index (χ2v) is 9.02. The summed E-state index contributed by atoms with van der Waals surface area (Å²) in [6.07, 6.45) is 0.263. The van der Waals surface area contributed by atoms with Crippen LogP contribution in [0, 0.1) is 3.57 Å². The third-order valence-corrected chi connectivity index (χ3v) is 5.82. The Bertz CT molecular complexity index is 1240. The van der Waals surface area contributed by atoms with Crippen molar-refractivity contribution < 1.29 is 34.2 Å². The number of carbonyl (C=O) groups is 3. The Morgan fingerprint density at radius 3 is 2.32 bits per heavy atom. The highest BCUT2D eigenvalue weighted by atomic mass is 127. The number of aromatic hydroxyl groups is 1. The summed E-state index contributed by atoms with van der Waals surface area (Å²) in [6.45, 7) is 0. The number of ether oxygens (including phenoxy) is 2. The molecule has 0 aromatic heterocycles. The van der Waals surface area contributed by atoms with Crippen LogP contribution in [0.4, 0.5) is 4.79 Å². The molecule has 9 nitrogen and oxygen atoms in total. The predicted molar refractivity (Wildman–Crippen MR) is 143 cm³/mol. The summed E-state index contributed by atoms with van der Waals surface area (Å²) < 4.78 is 12.6. The van der Waals surface area contributed by atoms with E-state index in [4.69, 9.17) is 14.7 Å². The number of halogens is 1. The van der Waals surface area contributed by atoms with E-state index in [1.807, 2.05) is 6.07 Å². The molecule has 0 aliphatic carbocycles. The fraction of sp³-hybridized carbons (Fsp3) is 0.148. The lowest BCUT2D eigenvalue weighted by molar-refractivity contribution is -0.124. The van der Waals surface area contributed by atoms with Gasteiger partial charge in [-0.3, -0.25) is 20.1 Å². The molecule has 3 aromatic rings. The van der Waals surface area contributed by atoms with Gasteiger partial charge in [-0.25, -0.2) is 10.3 Å². The maximum atomic E-state index is 12.8. The first-order valence-electron chi connectivity index (χ1n) is 11.2. The summed E-state index contributed by atoms with van der Waals surface area (Å²) >= 11 is 2.07. The number of alkyl carbamates (subject to hydrolysis) is 1. The second kappa shape index (κ2) is 14.0. The molecule has 0 saturated carbocycles. The van der Waals surface area contributed by atoms with Gasteiger partial charge in [-0.15, -0.1) is 0 Å². The van der Waals surface area contributed by atoms with Gasteiger partial charge in [0.25, 0.3) is 11.8 Å². The standard InChI is InChI=1S/C27H25IN2O7/c28-19-15-16-22(31)21(17-19)25(37-27(34)29-26(33)18-9-3-1-4-10-18)23(13-7-8-14-24(32)30-35)36-20-11-5-2-6-12-20/h1-6,8-12,14-17,23,25,31,35H,7,13H2,(H,30,32)(H,29,33,34)/b14-8+/t23-,25-/m0/s1. The zero-order valence-electron chi connectivity index (χ0n) is 19.5.